The first-order chi connectivity index (χ1) is 15.9. The summed E-state index contributed by atoms with van der Waals surface area (Å²) in [6.07, 6.45) is 2.39. The molecule has 0 heterocycles. The smallest absolute Gasteiger partial charge is 0.408 e. The fourth-order valence-corrected chi connectivity index (χ4v) is 4.88. The van der Waals surface area contributed by atoms with Gasteiger partial charge < -0.3 is 20.5 Å². The molecular formula is C26H30N2O5. The van der Waals surface area contributed by atoms with E-state index in [9.17, 15) is 14.4 Å². The van der Waals surface area contributed by atoms with Crippen LogP contribution >= 0.6 is 0 Å². The first-order valence-electron chi connectivity index (χ1n) is 11.6. The molecule has 1 fully saturated rings. The fourth-order valence-electron chi connectivity index (χ4n) is 4.88. The van der Waals surface area contributed by atoms with Crippen LogP contribution in [0.5, 0.6) is 0 Å². The molecule has 0 aromatic heterocycles. The van der Waals surface area contributed by atoms with E-state index in [1.165, 1.54) is 0 Å². The third-order valence-corrected chi connectivity index (χ3v) is 6.72. The number of carbonyl (C=O) groups excluding carboxylic acids is 2. The molecule has 2 aromatic carbocycles. The van der Waals surface area contributed by atoms with Crippen LogP contribution in [-0.4, -0.2) is 41.3 Å². The highest BCUT2D eigenvalue weighted by molar-refractivity contribution is 5.91. The molecule has 7 nitrogen and oxygen atoms in total. The van der Waals surface area contributed by atoms with E-state index in [1.807, 2.05) is 31.2 Å². The summed E-state index contributed by atoms with van der Waals surface area (Å²) in [5, 5.41) is 14.7. The van der Waals surface area contributed by atoms with Crippen LogP contribution in [0.2, 0.25) is 0 Å². The Hall–Kier alpha value is -3.35. The molecule has 0 unspecified atom stereocenters. The maximum atomic E-state index is 13.0. The Labute approximate surface area is 193 Å². The summed E-state index contributed by atoms with van der Waals surface area (Å²) in [5.41, 5.74) is 3.51. The van der Waals surface area contributed by atoms with Gasteiger partial charge in [-0.25, -0.2) is 4.79 Å². The van der Waals surface area contributed by atoms with Crippen molar-refractivity contribution >= 4 is 18.0 Å². The van der Waals surface area contributed by atoms with Gasteiger partial charge in [-0.15, -0.1) is 0 Å². The molecule has 7 heteroatoms. The molecule has 33 heavy (non-hydrogen) atoms. The fraction of sp³-hybridized carbons (Fsp3) is 0.423. The van der Waals surface area contributed by atoms with Crippen molar-refractivity contribution in [2.75, 3.05) is 6.61 Å². The number of nitrogens with one attached hydrogen (secondary N) is 2. The van der Waals surface area contributed by atoms with Crippen LogP contribution in [-0.2, 0) is 14.3 Å². The molecule has 2 aliphatic rings. The van der Waals surface area contributed by atoms with Gasteiger partial charge in [0.15, 0.2) is 0 Å². The molecule has 4 rings (SSSR count). The van der Waals surface area contributed by atoms with Crippen LogP contribution in [0.15, 0.2) is 48.5 Å². The average molecular weight is 451 g/mol. The lowest BCUT2D eigenvalue weighted by atomic mass is 9.76. The van der Waals surface area contributed by atoms with Crippen molar-refractivity contribution in [1.29, 1.82) is 0 Å². The summed E-state index contributed by atoms with van der Waals surface area (Å²) < 4.78 is 5.61. The number of fused-ring (bicyclic) bond motifs is 3. The maximum Gasteiger partial charge on any atom is 0.408 e. The Kier molecular flexibility index (Phi) is 6.67. The van der Waals surface area contributed by atoms with Crippen LogP contribution in [0, 0.1) is 0 Å². The number of hydrogen-bond donors (Lipinski definition) is 3. The molecule has 1 saturated carbocycles. The number of amides is 2. The van der Waals surface area contributed by atoms with Crippen molar-refractivity contribution in [3.63, 3.8) is 0 Å². The SMILES string of the molecule is CCC[C@H](CC(=O)O)NC(=O)C1(NC(=O)OCC2c3ccccc3-c3ccccc32)CCC1. The standard InChI is InChI=1S/C26H30N2O5/c1-2-8-17(15-23(29)30)27-24(31)26(13-7-14-26)28-25(32)33-16-22-20-11-5-3-9-18(20)19-10-4-6-12-21(19)22/h3-6,9-12,17,22H,2,7-8,13-16H2,1H3,(H,27,31)(H,28,32)(H,29,30)/t17-/m1/s1. The van der Waals surface area contributed by atoms with E-state index >= 15 is 0 Å². The van der Waals surface area contributed by atoms with Crippen molar-refractivity contribution in [3.8, 4) is 11.1 Å². The van der Waals surface area contributed by atoms with Gasteiger partial charge in [0.2, 0.25) is 5.91 Å². The molecule has 3 N–H and O–H groups in total. The second kappa shape index (κ2) is 9.65. The molecule has 0 saturated heterocycles. The highest BCUT2D eigenvalue weighted by Crippen LogP contribution is 2.44. The number of carbonyl (C=O) groups is 3. The monoisotopic (exact) mass is 450 g/mol. The summed E-state index contributed by atoms with van der Waals surface area (Å²) in [7, 11) is 0. The molecule has 0 radical (unpaired) electrons. The molecule has 2 amide bonds. The topological polar surface area (TPSA) is 105 Å². The molecular weight excluding hydrogens is 420 g/mol. The summed E-state index contributed by atoms with van der Waals surface area (Å²) >= 11 is 0. The van der Waals surface area contributed by atoms with E-state index < -0.39 is 23.6 Å². The van der Waals surface area contributed by atoms with Crippen molar-refractivity contribution < 1.29 is 24.2 Å². The van der Waals surface area contributed by atoms with Crippen LogP contribution in [0.3, 0.4) is 0 Å². The Morgan fingerprint density at radius 3 is 2.18 bits per heavy atom. The van der Waals surface area contributed by atoms with E-state index in [2.05, 4.69) is 34.9 Å². The Morgan fingerprint density at radius 1 is 1.06 bits per heavy atom. The number of carboxylic acid groups (broad SMARTS) is 1. The summed E-state index contributed by atoms with van der Waals surface area (Å²) in [6.45, 7) is 2.12. The predicted octanol–water partition coefficient (Wildman–Crippen LogP) is 4.21. The van der Waals surface area contributed by atoms with E-state index in [4.69, 9.17) is 9.84 Å². The highest BCUT2D eigenvalue weighted by Gasteiger charge is 2.46. The van der Waals surface area contributed by atoms with Gasteiger partial charge in [-0.2, -0.15) is 0 Å². The second-order valence-corrected chi connectivity index (χ2v) is 8.94. The molecule has 1 atom stereocenters. The first kappa shape index (κ1) is 22.8. The van der Waals surface area contributed by atoms with Crippen LogP contribution in [0.4, 0.5) is 4.79 Å². The number of carboxylic acids is 1. The lowest BCUT2D eigenvalue weighted by molar-refractivity contribution is -0.138. The van der Waals surface area contributed by atoms with Gasteiger partial charge >= 0.3 is 12.1 Å². The summed E-state index contributed by atoms with van der Waals surface area (Å²) in [4.78, 5) is 36.8. The zero-order chi connectivity index (χ0) is 23.4. The van der Waals surface area contributed by atoms with Crippen LogP contribution in [0.1, 0.15) is 62.5 Å². The quantitative estimate of drug-likeness (QED) is 0.531. The third kappa shape index (κ3) is 4.72. The van der Waals surface area contributed by atoms with E-state index in [0.29, 0.717) is 19.3 Å². The van der Waals surface area contributed by atoms with Crippen LogP contribution in [0.25, 0.3) is 11.1 Å². The zero-order valence-electron chi connectivity index (χ0n) is 18.8. The molecule has 174 valence electrons. The minimum Gasteiger partial charge on any atom is -0.481 e. The number of benzene rings is 2. The number of hydrogen-bond acceptors (Lipinski definition) is 4. The Balaban J connectivity index is 1.40. The molecule has 2 aromatic rings. The zero-order valence-corrected chi connectivity index (χ0v) is 18.8. The maximum absolute atomic E-state index is 13.0. The molecule has 0 spiro atoms. The number of alkyl carbamates (subject to hydrolysis) is 1. The van der Waals surface area contributed by atoms with E-state index in [1.54, 1.807) is 0 Å². The molecule has 0 bridgehead atoms. The predicted molar refractivity (Wildman–Crippen MR) is 124 cm³/mol. The van der Waals surface area contributed by atoms with Gasteiger partial charge in [-0.05, 0) is 47.9 Å². The second-order valence-electron chi connectivity index (χ2n) is 8.94. The molecule has 2 aliphatic carbocycles. The Bertz CT molecular complexity index is 1000. The van der Waals surface area contributed by atoms with Crippen LogP contribution < -0.4 is 10.6 Å². The summed E-state index contributed by atoms with van der Waals surface area (Å²) in [5.74, 6) is -1.35. The lowest BCUT2D eigenvalue weighted by Crippen LogP contribution is -2.64. The third-order valence-electron chi connectivity index (χ3n) is 6.72. The number of rotatable bonds is 9. The normalized spacial score (nSPS) is 16.6. The number of aliphatic carboxylic acids is 1. The minimum atomic E-state index is -1.03. The van der Waals surface area contributed by atoms with Gasteiger partial charge in [-0.3, -0.25) is 9.59 Å². The van der Waals surface area contributed by atoms with Gasteiger partial charge in [0.1, 0.15) is 12.1 Å². The Morgan fingerprint density at radius 2 is 1.67 bits per heavy atom. The van der Waals surface area contributed by atoms with Crippen molar-refractivity contribution in [3.05, 3.63) is 59.7 Å². The average Bonchev–Trinajstić information content (AvgIpc) is 3.08. The number of ether oxygens (including phenoxy) is 1. The van der Waals surface area contributed by atoms with Crippen molar-refractivity contribution in [2.45, 2.75) is 62.9 Å². The van der Waals surface area contributed by atoms with Gasteiger partial charge in [0.05, 0.1) is 6.42 Å². The minimum absolute atomic E-state index is 0.0566. The van der Waals surface area contributed by atoms with Gasteiger partial charge in [-0.1, -0.05) is 61.9 Å². The lowest BCUT2D eigenvalue weighted by Gasteiger charge is -2.41. The first-order valence-corrected chi connectivity index (χ1v) is 11.6. The van der Waals surface area contributed by atoms with Crippen molar-refractivity contribution in [2.24, 2.45) is 0 Å². The van der Waals surface area contributed by atoms with Gasteiger partial charge in [0, 0.05) is 12.0 Å². The van der Waals surface area contributed by atoms with E-state index in [0.717, 1.165) is 35.1 Å². The largest absolute Gasteiger partial charge is 0.481 e. The highest BCUT2D eigenvalue weighted by atomic mass is 16.5. The van der Waals surface area contributed by atoms with E-state index in [-0.39, 0.29) is 24.9 Å². The molecule has 0 aliphatic heterocycles. The van der Waals surface area contributed by atoms with Gasteiger partial charge in [0.25, 0.3) is 0 Å². The summed E-state index contributed by atoms with van der Waals surface area (Å²) in [6, 6.07) is 15.8. The van der Waals surface area contributed by atoms with Crippen molar-refractivity contribution in [1.82, 2.24) is 10.6 Å².